The maximum atomic E-state index is 2.53. The third-order valence-corrected chi connectivity index (χ3v) is 5.06. The topological polar surface area (TPSA) is 0 Å². The van der Waals surface area contributed by atoms with Gasteiger partial charge in [-0.15, -0.1) is 0 Å². The second kappa shape index (κ2) is 4.68. The average Bonchev–Trinajstić information content (AvgIpc) is 2.48. The standard InChI is InChI=1S/C14H28/c1-6-11(2)10-13(4)14(5)9-7-8-12(14)3/h11-13H,6-10H2,1-5H3. The van der Waals surface area contributed by atoms with Gasteiger partial charge in [0.15, 0.2) is 0 Å². The number of hydrogen-bond acceptors (Lipinski definition) is 0. The summed E-state index contributed by atoms with van der Waals surface area (Å²) < 4.78 is 0. The Balaban J connectivity index is 2.54. The van der Waals surface area contributed by atoms with E-state index in [1.165, 1.54) is 32.1 Å². The van der Waals surface area contributed by atoms with Crippen LogP contribution in [0.15, 0.2) is 0 Å². The van der Waals surface area contributed by atoms with Crippen LogP contribution < -0.4 is 0 Å². The Bertz CT molecular complexity index is 173. The maximum Gasteiger partial charge on any atom is -0.0274 e. The van der Waals surface area contributed by atoms with Crippen LogP contribution in [-0.2, 0) is 0 Å². The smallest absolute Gasteiger partial charge is 0.0274 e. The van der Waals surface area contributed by atoms with Crippen molar-refractivity contribution in [1.82, 2.24) is 0 Å². The minimum atomic E-state index is 0.642. The summed E-state index contributed by atoms with van der Waals surface area (Å²) >= 11 is 0. The van der Waals surface area contributed by atoms with Crippen LogP contribution in [0.1, 0.15) is 66.7 Å². The maximum absolute atomic E-state index is 2.53. The summed E-state index contributed by atoms with van der Waals surface area (Å²) in [7, 11) is 0. The fourth-order valence-corrected chi connectivity index (χ4v) is 3.14. The molecule has 14 heavy (non-hydrogen) atoms. The van der Waals surface area contributed by atoms with Crippen molar-refractivity contribution < 1.29 is 0 Å². The van der Waals surface area contributed by atoms with Crippen LogP contribution in [0.4, 0.5) is 0 Å². The van der Waals surface area contributed by atoms with Gasteiger partial charge in [0.05, 0.1) is 0 Å². The van der Waals surface area contributed by atoms with Gasteiger partial charge in [0.1, 0.15) is 0 Å². The number of hydrogen-bond donors (Lipinski definition) is 0. The molecule has 0 heteroatoms. The van der Waals surface area contributed by atoms with E-state index in [0.717, 1.165) is 17.8 Å². The summed E-state index contributed by atoms with van der Waals surface area (Å²) in [5.74, 6) is 2.77. The molecule has 1 aliphatic carbocycles. The molecule has 1 saturated carbocycles. The molecular weight excluding hydrogens is 168 g/mol. The van der Waals surface area contributed by atoms with Gasteiger partial charge < -0.3 is 0 Å². The van der Waals surface area contributed by atoms with Crippen LogP contribution in [0.2, 0.25) is 0 Å². The van der Waals surface area contributed by atoms with Crippen molar-refractivity contribution in [2.24, 2.45) is 23.2 Å². The van der Waals surface area contributed by atoms with Crippen LogP contribution in [-0.4, -0.2) is 0 Å². The Labute approximate surface area is 90.5 Å². The Kier molecular flexibility index (Phi) is 4.04. The summed E-state index contributed by atoms with van der Waals surface area (Å²) in [6.07, 6.45) is 7.15. The third kappa shape index (κ3) is 2.32. The molecule has 0 aromatic heterocycles. The molecule has 4 atom stereocenters. The molecule has 0 N–H and O–H groups in total. The normalized spacial score (nSPS) is 37.1. The first-order chi connectivity index (χ1) is 6.50. The van der Waals surface area contributed by atoms with Gasteiger partial charge >= 0.3 is 0 Å². The van der Waals surface area contributed by atoms with Crippen molar-refractivity contribution >= 4 is 0 Å². The minimum absolute atomic E-state index is 0.642. The van der Waals surface area contributed by atoms with Crippen LogP contribution >= 0.6 is 0 Å². The largest absolute Gasteiger partial charge is 0.0651 e. The van der Waals surface area contributed by atoms with E-state index in [-0.39, 0.29) is 0 Å². The zero-order chi connectivity index (χ0) is 10.8. The van der Waals surface area contributed by atoms with Crippen molar-refractivity contribution in [1.29, 1.82) is 0 Å². The Morgan fingerprint density at radius 1 is 1.36 bits per heavy atom. The second-order valence-electron chi connectivity index (χ2n) is 5.95. The van der Waals surface area contributed by atoms with Crippen LogP contribution in [0.5, 0.6) is 0 Å². The van der Waals surface area contributed by atoms with E-state index in [0.29, 0.717) is 5.41 Å². The van der Waals surface area contributed by atoms with Crippen molar-refractivity contribution in [2.75, 3.05) is 0 Å². The molecule has 0 nitrogen and oxygen atoms in total. The van der Waals surface area contributed by atoms with Crippen molar-refractivity contribution in [2.45, 2.75) is 66.7 Å². The molecule has 4 unspecified atom stereocenters. The third-order valence-electron chi connectivity index (χ3n) is 5.06. The van der Waals surface area contributed by atoms with Crippen LogP contribution in [0, 0.1) is 23.2 Å². The van der Waals surface area contributed by atoms with Gasteiger partial charge in [-0.25, -0.2) is 0 Å². The molecule has 0 heterocycles. The molecule has 1 aliphatic rings. The molecule has 0 radical (unpaired) electrons. The van der Waals surface area contributed by atoms with Crippen LogP contribution in [0.3, 0.4) is 0 Å². The van der Waals surface area contributed by atoms with E-state index in [4.69, 9.17) is 0 Å². The molecule has 0 aromatic rings. The summed E-state index contributed by atoms with van der Waals surface area (Å²) in [6, 6.07) is 0. The van der Waals surface area contributed by atoms with Gasteiger partial charge in [0, 0.05) is 0 Å². The minimum Gasteiger partial charge on any atom is -0.0651 e. The molecule has 0 aliphatic heterocycles. The Morgan fingerprint density at radius 2 is 2.00 bits per heavy atom. The van der Waals surface area contributed by atoms with E-state index >= 15 is 0 Å². The Hall–Kier alpha value is 0. The van der Waals surface area contributed by atoms with E-state index < -0.39 is 0 Å². The van der Waals surface area contributed by atoms with Gasteiger partial charge in [-0.05, 0) is 36.0 Å². The molecule has 0 amide bonds. The quantitative estimate of drug-likeness (QED) is 0.601. The van der Waals surface area contributed by atoms with Gasteiger partial charge in [0.25, 0.3) is 0 Å². The molecule has 0 aromatic carbocycles. The molecule has 1 fully saturated rings. The fourth-order valence-electron chi connectivity index (χ4n) is 3.14. The fraction of sp³-hybridized carbons (Fsp3) is 1.00. The predicted octanol–water partition coefficient (Wildman–Crippen LogP) is 4.89. The van der Waals surface area contributed by atoms with Gasteiger partial charge in [-0.1, -0.05) is 53.9 Å². The molecule has 84 valence electrons. The summed E-state index contributed by atoms with van der Waals surface area (Å²) in [6.45, 7) is 12.2. The van der Waals surface area contributed by atoms with E-state index in [9.17, 15) is 0 Å². The monoisotopic (exact) mass is 196 g/mol. The van der Waals surface area contributed by atoms with Crippen LogP contribution in [0.25, 0.3) is 0 Å². The summed E-state index contributed by atoms with van der Waals surface area (Å²) in [4.78, 5) is 0. The first-order valence-electron chi connectivity index (χ1n) is 6.50. The van der Waals surface area contributed by atoms with Crippen molar-refractivity contribution in [3.8, 4) is 0 Å². The SMILES string of the molecule is CCC(C)CC(C)C1(C)CCCC1C. The van der Waals surface area contributed by atoms with Gasteiger partial charge in [-0.3, -0.25) is 0 Å². The summed E-state index contributed by atoms with van der Waals surface area (Å²) in [5, 5.41) is 0. The molecule has 0 bridgehead atoms. The van der Waals surface area contributed by atoms with Gasteiger partial charge in [0.2, 0.25) is 0 Å². The summed E-state index contributed by atoms with van der Waals surface area (Å²) in [5.41, 5.74) is 0.642. The highest BCUT2D eigenvalue weighted by Gasteiger charge is 2.40. The van der Waals surface area contributed by atoms with E-state index in [2.05, 4.69) is 34.6 Å². The molecule has 1 rings (SSSR count). The molecule has 0 spiro atoms. The lowest BCUT2D eigenvalue weighted by molar-refractivity contribution is 0.124. The number of rotatable bonds is 4. The van der Waals surface area contributed by atoms with E-state index in [1.807, 2.05) is 0 Å². The first kappa shape index (κ1) is 12.1. The molecule has 0 saturated heterocycles. The highest BCUT2D eigenvalue weighted by Crippen LogP contribution is 2.49. The first-order valence-corrected chi connectivity index (χ1v) is 6.50. The highest BCUT2D eigenvalue weighted by atomic mass is 14.4. The lowest BCUT2D eigenvalue weighted by Crippen LogP contribution is -2.29. The second-order valence-corrected chi connectivity index (χ2v) is 5.95. The van der Waals surface area contributed by atoms with Crippen molar-refractivity contribution in [3.63, 3.8) is 0 Å². The molecular formula is C14H28. The predicted molar refractivity (Wildman–Crippen MR) is 64.4 cm³/mol. The zero-order valence-electron chi connectivity index (χ0n) is 10.8. The highest BCUT2D eigenvalue weighted by molar-refractivity contribution is 4.90. The Morgan fingerprint density at radius 3 is 2.43 bits per heavy atom. The average molecular weight is 196 g/mol. The lowest BCUT2D eigenvalue weighted by Gasteiger charge is -2.37. The van der Waals surface area contributed by atoms with Crippen molar-refractivity contribution in [3.05, 3.63) is 0 Å². The zero-order valence-corrected chi connectivity index (χ0v) is 10.8. The lowest BCUT2D eigenvalue weighted by atomic mass is 9.68. The van der Waals surface area contributed by atoms with Gasteiger partial charge in [-0.2, -0.15) is 0 Å². The van der Waals surface area contributed by atoms with E-state index in [1.54, 1.807) is 0 Å².